The van der Waals surface area contributed by atoms with E-state index in [1.165, 1.54) is 0 Å². The lowest BCUT2D eigenvalue weighted by molar-refractivity contribution is -0.137. The van der Waals surface area contributed by atoms with E-state index in [9.17, 15) is 9.59 Å². The summed E-state index contributed by atoms with van der Waals surface area (Å²) in [4.78, 5) is 25.4. The quantitative estimate of drug-likeness (QED) is 0.796. The van der Waals surface area contributed by atoms with Crippen molar-refractivity contribution in [1.82, 2.24) is 4.98 Å². The van der Waals surface area contributed by atoms with Crippen LogP contribution in [0.15, 0.2) is 24.4 Å². The van der Waals surface area contributed by atoms with Crippen LogP contribution >= 0.6 is 0 Å². The molecule has 2 aromatic rings. The minimum Gasteiger partial charge on any atom is -0.481 e. The number of H-pyrrole nitrogens is 1. The minimum atomic E-state index is -0.864. The maximum Gasteiger partial charge on any atom is 0.303 e. The second-order valence-electron chi connectivity index (χ2n) is 4.42. The fourth-order valence-electron chi connectivity index (χ4n) is 2.01. The summed E-state index contributed by atoms with van der Waals surface area (Å²) in [5.74, 6) is -0.872. The molecule has 0 spiro atoms. The van der Waals surface area contributed by atoms with Gasteiger partial charge in [-0.1, -0.05) is 12.1 Å². The molecule has 0 aliphatic rings. The van der Waals surface area contributed by atoms with E-state index < -0.39 is 5.97 Å². The Kier molecular flexibility index (Phi) is 3.46. The maximum absolute atomic E-state index is 12.0. The Labute approximate surface area is 105 Å². The summed E-state index contributed by atoms with van der Waals surface area (Å²) in [6.45, 7) is 1.99. The van der Waals surface area contributed by atoms with Crippen molar-refractivity contribution in [3.8, 4) is 0 Å². The molecule has 1 heterocycles. The Bertz CT molecular complexity index is 598. The predicted molar refractivity (Wildman–Crippen MR) is 68.9 cm³/mol. The van der Waals surface area contributed by atoms with Crippen LogP contribution in [0.4, 0.5) is 0 Å². The van der Waals surface area contributed by atoms with Gasteiger partial charge in [0.2, 0.25) is 0 Å². The van der Waals surface area contributed by atoms with Gasteiger partial charge in [0.1, 0.15) is 0 Å². The van der Waals surface area contributed by atoms with Crippen LogP contribution in [0.25, 0.3) is 10.9 Å². The van der Waals surface area contributed by atoms with Crippen molar-refractivity contribution < 1.29 is 14.7 Å². The van der Waals surface area contributed by atoms with Crippen molar-refractivity contribution in [2.24, 2.45) is 0 Å². The average Bonchev–Trinajstić information content (AvgIpc) is 2.71. The third-order valence-corrected chi connectivity index (χ3v) is 2.93. The molecule has 4 heteroatoms. The van der Waals surface area contributed by atoms with Crippen molar-refractivity contribution >= 4 is 22.7 Å². The predicted octanol–water partition coefficient (Wildman–Crippen LogP) is 2.91. The third kappa shape index (κ3) is 2.59. The van der Waals surface area contributed by atoms with E-state index in [0.29, 0.717) is 12.0 Å². The lowest BCUT2D eigenvalue weighted by atomic mass is 10.0. The van der Waals surface area contributed by atoms with E-state index in [1.807, 2.05) is 25.1 Å². The summed E-state index contributed by atoms with van der Waals surface area (Å²) in [5, 5.41) is 9.45. The van der Waals surface area contributed by atoms with Crippen LogP contribution in [0.5, 0.6) is 0 Å². The first kappa shape index (κ1) is 12.4. The van der Waals surface area contributed by atoms with Crippen molar-refractivity contribution in [1.29, 1.82) is 0 Å². The summed E-state index contributed by atoms with van der Waals surface area (Å²) in [6.07, 6.45) is 2.39. The Hall–Kier alpha value is -2.10. The zero-order chi connectivity index (χ0) is 13.1. The number of nitrogens with one attached hydrogen (secondary N) is 1. The first-order valence-electron chi connectivity index (χ1n) is 5.90. The van der Waals surface area contributed by atoms with E-state index in [4.69, 9.17) is 5.11 Å². The largest absolute Gasteiger partial charge is 0.481 e. The fourth-order valence-corrected chi connectivity index (χ4v) is 2.01. The molecular weight excluding hydrogens is 230 g/mol. The van der Waals surface area contributed by atoms with E-state index in [1.54, 1.807) is 6.20 Å². The first-order valence-corrected chi connectivity index (χ1v) is 5.90. The first-order chi connectivity index (χ1) is 8.58. The Morgan fingerprint density at radius 3 is 2.78 bits per heavy atom. The zero-order valence-corrected chi connectivity index (χ0v) is 10.2. The highest BCUT2D eigenvalue weighted by atomic mass is 16.4. The number of aromatic nitrogens is 1. The molecule has 2 N–H and O–H groups in total. The number of carboxylic acid groups (broad SMARTS) is 1. The number of carbonyl (C=O) groups excluding carboxylic acids is 1. The molecule has 0 bridgehead atoms. The molecule has 0 saturated heterocycles. The monoisotopic (exact) mass is 245 g/mol. The molecule has 0 atom stereocenters. The SMILES string of the molecule is Cc1ccc2c(C(=O)CCCC(=O)O)c[nH]c2c1. The van der Waals surface area contributed by atoms with Gasteiger partial charge in [0, 0.05) is 35.5 Å². The van der Waals surface area contributed by atoms with Crippen LogP contribution in [0.1, 0.15) is 35.2 Å². The van der Waals surface area contributed by atoms with Crippen molar-refractivity contribution in [2.75, 3.05) is 0 Å². The highest BCUT2D eigenvalue weighted by Crippen LogP contribution is 2.21. The number of carboxylic acids is 1. The number of rotatable bonds is 5. The number of fused-ring (bicyclic) bond motifs is 1. The smallest absolute Gasteiger partial charge is 0.303 e. The van der Waals surface area contributed by atoms with Gasteiger partial charge in [0.15, 0.2) is 5.78 Å². The van der Waals surface area contributed by atoms with Gasteiger partial charge in [0.05, 0.1) is 0 Å². The number of aromatic amines is 1. The number of hydrogen-bond donors (Lipinski definition) is 2. The Morgan fingerprint density at radius 2 is 2.06 bits per heavy atom. The third-order valence-electron chi connectivity index (χ3n) is 2.93. The summed E-state index contributed by atoms with van der Waals surface area (Å²) in [6, 6.07) is 5.87. The minimum absolute atomic E-state index is 0.00801. The number of hydrogen-bond acceptors (Lipinski definition) is 2. The van der Waals surface area contributed by atoms with Gasteiger partial charge < -0.3 is 10.1 Å². The van der Waals surface area contributed by atoms with Gasteiger partial charge in [-0.05, 0) is 25.0 Å². The van der Waals surface area contributed by atoms with Crippen molar-refractivity contribution in [2.45, 2.75) is 26.2 Å². The van der Waals surface area contributed by atoms with Gasteiger partial charge in [-0.3, -0.25) is 9.59 Å². The number of carbonyl (C=O) groups is 2. The van der Waals surface area contributed by atoms with Gasteiger partial charge in [0.25, 0.3) is 0 Å². The molecule has 94 valence electrons. The lowest BCUT2D eigenvalue weighted by Crippen LogP contribution is -2.01. The molecular formula is C14H15NO3. The molecule has 4 nitrogen and oxygen atoms in total. The molecule has 0 aliphatic heterocycles. The average molecular weight is 245 g/mol. The van der Waals surface area contributed by atoms with Crippen molar-refractivity contribution in [3.63, 3.8) is 0 Å². The molecule has 0 fully saturated rings. The topological polar surface area (TPSA) is 70.2 Å². The maximum atomic E-state index is 12.0. The summed E-state index contributed by atoms with van der Waals surface area (Å²) in [5.41, 5.74) is 2.72. The van der Waals surface area contributed by atoms with Gasteiger partial charge in [-0.25, -0.2) is 0 Å². The van der Waals surface area contributed by atoms with Crippen LogP contribution in [-0.4, -0.2) is 21.8 Å². The van der Waals surface area contributed by atoms with Gasteiger partial charge in [-0.15, -0.1) is 0 Å². The van der Waals surface area contributed by atoms with E-state index in [0.717, 1.165) is 16.5 Å². The second-order valence-corrected chi connectivity index (χ2v) is 4.42. The Balaban J connectivity index is 2.15. The number of ketones is 1. The Morgan fingerprint density at radius 1 is 1.28 bits per heavy atom. The molecule has 18 heavy (non-hydrogen) atoms. The molecule has 1 aromatic carbocycles. The van der Waals surface area contributed by atoms with Crippen LogP contribution < -0.4 is 0 Å². The second kappa shape index (κ2) is 5.04. The van der Waals surface area contributed by atoms with Crippen LogP contribution in [0.2, 0.25) is 0 Å². The molecule has 0 unspecified atom stereocenters. The summed E-state index contributed by atoms with van der Waals surface area (Å²) < 4.78 is 0. The van der Waals surface area contributed by atoms with E-state index >= 15 is 0 Å². The standard InChI is InChI=1S/C14H15NO3/c1-9-5-6-10-11(8-15-12(10)7-9)13(16)3-2-4-14(17)18/h5-8,15H,2-4H2,1H3,(H,17,18). The number of aryl methyl sites for hydroxylation is 1. The molecule has 1 aromatic heterocycles. The number of Topliss-reactive ketones (excluding diaryl/α,β-unsaturated/α-hetero) is 1. The normalized spacial score (nSPS) is 10.7. The van der Waals surface area contributed by atoms with Crippen LogP contribution in [0, 0.1) is 6.92 Å². The van der Waals surface area contributed by atoms with Gasteiger partial charge in [-0.2, -0.15) is 0 Å². The van der Waals surface area contributed by atoms with E-state index in [2.05, 4.69) is 4.98 Å². The highest BCUT2D eigenvalue weighted by molar-refractivity contribution is 6.07. The lowest BCUT2D eigenvalue weighted by Gasteiger charge is -1.99. The summed E-state index contributed by atoms with van der Waals surface area (Å²) >= 11 is 0. The fraction of sp³-hybridized carbons (Fsp3) is 0.286. The van der Waals surface area contributed by atoms with Crippen LogP contribution in [0.3, 0.4) is 0 Å². The molecule has 0 radical (unpaired) electrons. The molecule has 2 rings (SSSR count). The number of aliphatic carboxylic acids is 1. The van der Waals surface area contributed by atoms with Crippen LogP contribution in [-0.2, 0) is 4.79 Å². The van der Waals surface area contributed by atoms with Crippen molar-refractivity contribution in [3.05, 3.63) is 35.5 Å². The highest BCUT2D eigenvalue weighted by Gasteiger charge is 2.12. The molecule has 0 aliphatic carbocycles. The van der Waals surface area contributed by atoms with E-state index in [-0.39, 0.29) is 18.6 Å². The molecule has 0 amide bonds. The number of benzene rings is 1. The summed E-state index contributed by atoms with van der Waals surface area (Å²) in [7, 11) is 0. The van der Waals surface area contributed by atoms with Gasteiger partial charge >= 0.3 is 5.97 Å². The molecule has 0 saturated carbocycles. The zero-order valence-electron chi connectivity index (χ0n) is 10.2.